The van der Waals surface area contributed by atoms with Gasteiger partial charge in [-0.3, -0.25) is 4.90 Å². The Bertz CT molecular complexity index is 808. The molecule has 0 radical (unpaired) electrons. The van der Waals surface area contributed by atoms with Gasteiger partial charge in [0.2, 0.25) is 10.0 Å². The lowest BCUT2D eigenvalue weighted by molar-refractivity contribution is 0.0172. The second-order valence-electron chi connectivity index (χ2n) is 5.86. The molecule has 1 atom stereocenters. The summed E-state index contributed by atoms with van der Waals surface area (Å²) in [5, 5.41) is 3.38. The second-order valence-corrected chi connectivity index (χ2v) is 7.63. The molecule has 2 aromatic rings. The van der Waals surface area contributed by atoms with Gasteiger partial charge in [0.05, 0.1) is 25.6 Å². The Morgan fingerprint density at radius 3 is 2.50 bits per heavy atom. The Balaban J connectivity index is 1.76. The molecule has 0 bridgehead atoms. The van der Waals surface area contributed by atoms with Gasteiger partial charge in [0, 0.05) is 25.7 Å². The molecular formula is C16H20F2N4O3S. The number of nitrogens with zero attached hydrogens (tertiary/aromatic N) is 3. The average molecular weight is 386 g/mol. The number of alkyl halides is 2. The molecule has 1 aliphatic heterocycles. The fourth-order valence-electron chi connectivity index (χ4n) is 2.86. The second kappa shape index (κ2) is 8.21. The summed E-state index contributed by atoms with van der Waals surface area (Å²) in [5.41, 5.74) is 0.973. The van der Waals surface area contributed by atoms with Gasteiger partial charge in [-0.05, 0) is 5.56 Å². The quantitative estimate of drug-likeness (QED) is 0.783. The minimum Gasteiger partial charge on any atom is -0.379 e. The summed E-state index contributed by atoms with van der Waals surface area (Å²) in [6.45, 7) is -0.236. The molecule has 26 heavy (non-hydrogen) atoms. The summed E-state index contributed by atoms with van der Waals surface area (Å²) in [7, 11) is -3.94. The first-order valence-corrected chi connectivity index (χ1v) is 9.64. The third kappa shape index (κ3) is 4.44. The number of ether oxygens (including phenoxy) is 1. The summed E-state index contributed by atoms with van der Waals surface area (Å²) >= 11 is 0. The van der Waals surface area contributed by atoms with E-state index in [4.69, 9.17) is 4.74 Å². The Morgan fingerprint density at radius 2 is 1.88 bits per heavy atom. The summed E-state index contributed by atoms with van der Waals surface area (Å²) < 4.78 is 58.3. The van der Waals surface area contributed by atoms with Crippen molar-refractivity contribution in [3.8, 4) is 0 Å². The van der Waals surface area contributed by atoms with Crippen LogP contribution >= 0.6 is 0 Å². The highest BCUT2D eigenvalue weighted by atomic mass is 32.2. The number of benzene rings is 1. The highest BCUT2D eigenvalue weighted by molar-refractivity contribution is 7.89. The minimum absolute atomic E-state index is 0.117. The van der Waals surface area contributed by atoms with Gasteiger partial charge in [-0.2, -0.15) is 13.9 Å². The van der Waals surface area contributed by atoms with E-state index in [0.29, 0.717) is 31.0 Å². The van der Waals surface area contributed by atoms with Crippen LogP contribution in [0, 0.1) is 0 Å². The minimum atomic E-state index is -3.94. The maximum atomic E-state index is 12.6. The predicted molar refractivity (Wildman–Crippen MR) is 90.2 cm³/mol. The highest BCUT2D eigenvalue weighted by Gasteiger charge is 2.26. The zero-order valence-electron chi connectivity index (χ0n) is 14.0. The molecule has 3 rings (SSSR count). The molecule has 10 heteroatoms. The first-order chi connectivity index (χ1) is 12.5. The molecular weight excluding hydrogens is 366 g/mol. The van der Waals surface area contributed by atoms with Crippen molar-refractivity contribution in [3.05, 3.63) is 48.3 Å². The molecule has 0 saturated carbocycles. The van der Waals surface area contributed by atoms with Crippen molar-refractivity contribution in [2.24, 2.45) is 0 Å². The van der Waals surface area contributed by atoms with Crippen molar-refractivity contribution in [2.75, 3.05) is 32.8 Å². The summed E-state index contributed by atoms with van der Waals surface area (Å²) in [6.07, 6.45) is 1.74. The summed E-state index contributed by atoms with van der Waals surface area (Å²) in [5.74, 6) is 0. The van der Waals surface area contributed by atoms with Crippen LogP contribution in [0.4, 0.5) is 8.78 Å². The van der Waals surface area contributed by atoms with Crippen molar-refractivity contribution >= 4 is 10.0 Å². The topological polar surface area (TPSA) is 76.5 Å². The van der Waals surface area contributed by atoms with Gasteiger partial charge >= 0.3 is 6.55 Å². The van der Waals surface area contributed by atoms with Gasteiger partial charge < -0.3 is 4.74 Å². The standard InChI is InChI=1S/C16H20F2N4O3S/c17-16(18)22-12-14(10-19-22)26(23,24)20-11-15(13-4-2-1-3-5-13)21-6-8-25-9-7-21/h1-5,10,12,15-16,20H,6-9,11H2/t15-/m1/s1. The molecule has 142 valence electrons. The molecule has 0 amide bonds. The first kappa shape index (κ1) is 18.9. The van der Waals surface area contributed by atoms with Crippen LogP contribution in [0.3, 0.4) is 0 Å². The fraction of sp³-hybridized carbons (Fsp3) is 0.438. The van der Waals surface area contributed by atoms with Crippen LogP contribution in [-0.2, 0) is 14.8 Å². The van der Waals surface area contributed by atoms with Crippen molar-refractivity contribution in [3.63, 3.8) is 0 Å². The molecule has 1 aromatic heterocycles. The van der Waals surface area contributed by atoms with Crippen LogP contribution in [0.15, 0.2) is 47.6 Å². The van der Waals surface area contributed by atoms with Gasteiger partial charge in [-0.15, -0.1) is 0 Å². The molecule has 1 N–H and O–H groups in total. The number of halogens is 2. The van der Waals surface area contributed by atoms with Crippen molar-refractivity contribution in [1.29, 1.82) is 0 Å². The molecule has 0 unspecified atom stereocenters. The van der Waals surface area contributed by atoms with E-state index in [1.165, 1.54) is 0 Å². The lowest BCUT2D eigenvalue weighted by Crippen LogP contribution is -2.43. The third-order valence-electron chi connectivity index (χ3n) is 4.23. The Kier molecular flexibility index (Phi) is 5.97. The van der Waals surface area contributed by atoms with Crippen molar-refractivity contribution in [1.82, 2.24) is 19.4 Å². The number of hydrogen-bond acceptors (Lipinski definition) is 5. The van der Waals surface area contributed by atoms with E-state index < -0.39 is 16.6 Å². The van der Waals surface area contributed by atoms with E-state index in [9.17, 15) is 17.2 Å². The van der Waals surface area contributed by atoms with Crippen LogP contribution in [0.5, 0.6) is 0 Å². The van der Waals surface area contributed by atoms with Crippen LogP contribution in [0.1, 0.15) is 18.2 Å². The largest absolute Gasteiger partial charge is 0.379 e. The molecule has 0 aliphatic carbocycles. The zero-order chi connectivity index (χ0) is 18.6. The first-order valence-electron chi connectivity index (χ1n) is 8.16. The van der Waals surface area contributed by atoms with Crippen molar-refractivity contribution in [2.45, 2.75) is 17.5 Å². The van der Waals surface area contributed by atoms with E-state index in [-0.39, 0.29) is 17.5 Å². The number of aromatic nitrogens is 2. The summed E-state index contributed by atoms with van der Waals surface area (Å²) in [4.78, 5) is 1.86. The van der Waals surface area contributed by atoms with Crippen molar-refractivity contribution < 1.29 is 21.9 Å². The van der Waals surface area contributed by atoms with E-state index >= 15 is 0 Å². The molecule has 1 aromatic carbocycles. The van der Waals surface area contributed by atoms with Gasteiger partial charge in [0.1, 0.15) is 4.90 Å². The van der Waals surface area contributed by atoms with Crippen LogP contribution in [0.2, 0.25) is 0 Å². The highest BCUT2D eigenvalue weighted by Crippen LogP contribution is 2.22. The third-order valence-corrected chi connectivity index (χ3v) is 5.60. The SMILES string of the molecule is O=S(=O)(NC[C@H](c1ccccc1)N1CCOCC1)c1cnn(C(F)F)c1. The van der Waals surface area contributed by atoms with Gasteiger partial charge in [-0.25, -0.2) is 17.8 Å². The van der Waals surface area contributed by atoms with E-state index in [1.807, 2.05) is 30.3 Å². The molecule has 2 heterocycles. The Morgan fingerprint density at radius 1 is 1.19 bits per heavy atom. The molecule has 1 fully saturated rings. The lowest BCUT2D eigenvalue weighted by Gasteiger charge is -2.34. The van der Waals surface area contributed by atoms with E-state index in [2.05, 4.69) is 14.7 Å². The molecule has 0 spiro atoms. The monoisotopic (exact) mass is 386 g/mol. The van der Waals surface area contributed by atoms with Crippen LogP contribution in [0.25, 0.3) is 0 Å². The fourth-order valence-corrected chi connectivity index (χ4v) is 3.84. The van der Waals surface area contributed by atoms with Crippen LogP contribution in [-0.4, -0.2) is 55.9 Å². The van der Waals surface area contributed by atoms with Gasteiger partial charge in [0.15, 0.2) is 0 Å². The maximum Gasteiger partial charge on any atom is 0.333 e. The Labute approximate surface area is 150 Å². The number of nitrogens with one attached hydrogen (secondary N) is 1. The normalized spacial score (nSPS) is 17.5. The molecule has 1 saturated heterocycles. The van der Waals surface area contributed by atoms with Crippen LogP contribution < -0.4 is 4.72 Å². The lowest BCUT2D eigenvalue weighted by atomic mass is 10.1. The predicted octanol–water partition coefficient (Wildman–Crippen LogP) is 1.63. The summed E-state index contributed by atoms with van der Waals surface area (Å²) in [6, 6.07) is 9.36. The number of rotatable bonds is 7. The molecule has 7 nitrogen and oxygen atoms in total. The Hall–Kier alpha value is -1.88. The van der Waals surface area contributed by atoms with E-state index in [1.54, 1.807) is 0 Å². The average Bonchev–Trinajstić information content (AvgIpc) is 3.15. The smallest absolute Gasteiger partial charge is 0.333 e. The molecule has 1 aliphatic rings. The van der Waals surface area contributed by atoms with Gasteiger partial charge in [0.25, 0.3) is 0 Å². The number of hydrogen-bond donors (Lipinski definition) is 1. The number of sulfonamides is 1. The maximum absolute atomic E-state index is 12.6. The zero-order valence-corrected chi connectivity index (χ0v) is 14.8. The van der Waals surface area contributed by atoms with E-state index in [0.717, 1.165) is 18.0 Å². The number of morpholine rings is 1. The van der Waals surface area contributed by atoms with Gasteiger partial charge in [-0.1, -0.05) is 30.3 Å².